The predicted octanol–water partition coefficient (Wildman–Crippen LogP) is 4.10. The summed E-state index contributed by atoms with van der Waals surface area (Å²) in [5.74, 6) is -0.697. The molecule has 0 bridgehead atoms. The Morgan fingerprint density at radius 1 is 1.14 bits per heavy atom. The van der Waals surface area contributed by atoms with Crippen LogP contribution in [0.3, 0.4) is 0 Å². The molecule has 4 aromatic rings. The van der Waals surface area contributed by atoms with Gasteiger partial charge in [0.15, 0.2) is 0 Å². The Bertz CT molecular complexity index is 1240. The third-order valence-electron chi connectivity index (χ3n) is 4.74. The van der Waals surface area contributed by atoms with Crippen molar-refractivity contribution < 1.29 is 9.53 Å². The van der Waals surface area contributed by atoms with Crippen LogP contribution in [0, 0.1) is 0 Å². The summed E-state index contributed by atoms with van der Waals surface area (Å²) in [5.41, 5.74) is 2.67. The maximum absolute atomic E-state index is 12.5. The molecular formula is C21H18ClN3O3. The number of benzene rings is 2. The molecule has 0 spiro atoms. The number of para-hydroxylation sites is 1. The Labute approximate surface area is 165 Å². The molecule has 7 heteroatoms. The Morgan fingerprint density at radius 3 is 2.79 bits per heavy atom. The van der Waals surface area contributed by atoms with Gasteiger partial charge in [-0.15, -0.1) is 0 Å². The van der Waals surface area contributed by atoms with E-state index in [4.69, 9.17) is 16.3 Å². The monoisotopic (exact) mass is 395 g/mol. The van der Waals surface area contributed by atoms with Crippen molar-refractivity contribution in [1.29, 1.82) is 0 Å². The van der Waals surface area contributed by atoms with Gasteiger partial charge in [0.05, 0.1) is 18.3 Å². The molecule has 0 fully saturated rings. The second kappa shape index (κ2) is 7.40. The second-order valence-corrected chi connectivity index (χ2v) is 6.86. The summed E-state index contributed by atoms with van der Waals surface area (Å²) in [6.45, 7) is 0.525. The van der Waals surface area contributed by atoms with Gasteiger partial charge in [-0.3, -0.25) is 4.79 Å². The number of aromatic amines is 2. The molecule has 4 rings (SSSR count). The third-order valence-corrected chi connectivity index (χ3v) is 4.97. The highest BCUT2D eigenvalue weighted by Gasteiger charge is 2.20. The van der Waals surface area contributed by atoms with Crippen molar-refractivity contribution in [3.05, 3.63) is 75.2 Å². The summed E-state index contributed by atoms with van der Waals surface area (Å²) < 4.78 is 4.81. The molecule has 0 atom stereocenters. The molecule has 0 aliphatic heterocycles. The second-order valence-electron chi connectivity index (χ2n) is 6.42. The smallest absolute Gasteiger partial charge is 0.345 e. The maximum atomic E-state index is 12.5. The minimum Gasteiger partial charge on any atom is -0.465 e. The first-order chi connectivity index (χ1) is 13.6. The standard InChI is InChI=1S/C21H18ClN3O3/c1-28-21(27)18-19(15-10-13(22)6-7-17(15)25-20(18)26)23-9-8-12-11-24-16-5-3-2-4-14(12)16/h2-7,10-11,24H,8-9H2,1H3,(H2,23,25,26). The summed E-state index contributed by atoms with van der Waals surface area (Å²) in [6, 6.07) is 13.2. The molecule has 2 aromatic heterocycles. The SMILES string of the molecule is COC(=O)c1c(NCCc2c[nH]c3ccccc23)c2cc(Cl)ccc2[nH]c1=O. The first kappa shape index (κ1) is 18.1. The number of anilines is 1. The number of H-pyrrole nitrogens is 2. The fourth-order valence-corrected chi connectivity index (χ4v) is 3.58. The molecule has 2 aromatic carbocycles. The van der Waals surface area contributed by atoms with Crippen LogP contribution in [-0.4, -0.2) is 29.6 Å². The normalized spacial score (nSPS) is 11.1. The van der Waals surface area contributed by atoms with Crippen LogP contribution in [0.4, 0.5) is 5.69 Å². The summed E-state index contributed by atoms with van der Waals surface area (Å²) in [6.07, 6.45) is 2.68. The molecule has 0 radical (unpaired) electrons. The maximum Gasteiger partial charge on any atom is 0.345 e. The van der Waals surface area contributed by atoms with Gasteiger partial charge in [-0.05, 0) is 36.2 Å². The average molecular weight is 396 g/mol. The predicted molar refractivity (Wildman–Crippen MR) is 111 cm³/mol. The van der Waals surface area contributed by atoms with Gasteiger partial charge in [-0.1, -0.05) is 29.8 Å². The number of hydrogen-bond donors (Lipinski definition) is 3. The Kier molecular flexibility index (Phi) is 4.79. The lowest BCUT2D eigenvalue weighted by Crippen LogP contribution is -2.22. The molecule has 0 saturated carbocycles. The van der Waals surface area contributed by atoms with Crippen LogP contribution in [0.15, 0.2) is 53.5 Å². The van der Waals surface area contributed by atoms with Gasteiger partial charge < -0.3 is 20.0 Å². The first-order valence-corrected chi connectivity index (χ1v) is 9.19. The number of pyridine rings is 1. The molecule has 142 valence electrons. The van der Waals surface area contributed by atoms with E-state index in [1.54, 1.807) is 18.2 Å². The fraction of sp³-hybridized carbons (Fsp3) is 0.143. The van der Waals surface area contributed by atoms with Gasteiger partial charge in [0, 0.05) is 34.1 Å². The molecule has 6 nitrogen and oxygen atoms in total. The van der Waals surface area contributed by atoms with Crippen molar-refractivity contribution in [2.24, 2.45) is 0 Å². The largest absolute Gasteiger partial charge is 0.465 e. The van der Waals surface area contributed by atoms with Crippen molar-refractivity contribution in [3.63, 3.8) is 0 Å². The van der Waals surface area contributed by atoms with E-state index < -0.39 is 11.5 Å². The lowest BCUT2D eigenvalue weighted by atomic mass is 10.1. The number of esters is 1. The molecule has 2 heterocycles. The minimum atomic E-state index is -0.697. The van der Waals surface area contributed by atoms with E-state index in [2.05, 4.69) is 21.4 Å². The highest BCUT2D eigenvalue weighted by atomic mass is 35.5. The average Bonchev–Trinajstić information content (AvgIpc) is 3.11. The minimum absolute atomic E-state index is 0.0591. The zero-order chi connectivity index (χ0) is 19.7. The Balaban J connectivity index is 1.71. The number of nitrogens with one attached hydrogen (secondary N) is 3. The first-order valence-electron chi connectivity index (χ1n) is 8.81. The third kappa shape index (κ3) is 3.23. The number of carbonyl (C=O) groups is 1. The van der Waals surface area contributed by atoms with Crippen molar-refractivity contribution in [2.75, 3.05) is 19.0 Å². The summed E-state index contributed by atoms with van der Waals surface area (Å²) in [4.78, 5) is 30.7. The number of carbonyl (C=O) groups excluding carboxylic acids is 1. The van der Waals surface area contributed by atoms with Crippen LogP contribution in [0.1, 0.15) is 15.9 Å². The van der Waals surface area contributed by atoms with E-state index in [1.807, 2.05) is 24.4 Å². The molecule has 0 unspecified atom stereocenters. The lowest BCUT2D eigenvalue weighted by Gasteiger charge is -2.13. The number of aromatic nitrogens is 2. The zero-order valence-corrected chi connectivity index (χ0v) is 15.9. The summed E-state index contributed by atoms with van der Waals surface area (Å²) >= 11 is 6.14. The van der Waals surface area contributed by atoms with Gasteiger partial charge in [-0.25, -0.2) is 4.79 Å². The van der Waals surface area contributed by atoms with Crippen molar-refractivity contribution in [3.8, 4) is 0 Å². The highest BCUT2D eigenvalue weighted by molar-refractivity contribution is 6.31. The number of hydrogen-bond acceptors (Lipinski definition) is 4. The Morgan fingerprint density at radius 2 is 1.96 bits per heavy atom. The van der Waals surface area contributed by atoms with Gasteiger partial charge in [-0.2, -0.15) is 0 Å². The van der Waals surface area contributed by atoms with Gasteiger partial charge in [0.2, 0.25) is 0 Å². The Hall–Kier alpha value is -3.25. The van der Waals surface area contributed by atoms with Crippen LogP contribution in [0.2, 0.25) is 5.02 Å². The highest BCUT2D eigenvalue weighted by Crippen LogP contribution is 2.27. The summed E-state index contributed by atoms with van der Waals surface area (Å²) in [5, 5.41) is 5.57. The zero-order valence-electron chi connectivity index (χ0n) is 15.1. The van der Waals surface area contributed by atoms with Crippen LogP contribution >= 0.6 is 11.6 Å². The van der Waals surface area contributed by atoms with Crippen molar-refractivity contribution >= 4 is 45.1 Å². The van der Waals surface area contributed by atoms with E-state index in [1.165, 1.54) is 7.11 Å². The molecule has 0 aliphatic rings. The van der Waals surface area contributed by atoms with E-state index >= 15 is 0 Å². The van der Waals surface area contributed by atoms with E-state index in [0.717, 1.165) is 16.5 Å². The molecule has 0 aliphatic carbocycles. The lowest BCUT2D eigenvalue weighted by molar-refractivity contribution is 0.0600. The van der Waals surface area contributed by atoms with Crippen LogP contribution in [0.5, 0.6) is 0 Å². The van der Waals surface area contributed by atoms with Gasteiger partial charge in [0.25, 0.3) is 5.56 Å². The summed E-state index contributed by atoms with van der Waals surface area (Å²) in [7, 11) is 1.25. The number of rotatable bonds is 5. The number of methoxy groups -OCH3 is 1. The van der Waals surface area contributed by atoms with E-state index in [9.17, 15) is 9.59 Å². The number of fused-ring (bicyclic) bond motifs is 2. The molecule has 28 heavy (non-hydrogen) atoms. The quantitative estimate of drug-likeness (QED) is 0.444. The fourth-order valence-electron chi connectivity index (χ4n) is 3.41. The van der Waals surface area contributed by atoms with E-state index in [-0.39, 0.29) is 5.56 Å². The van der Waals surface area contributed by atoms with Gasteiger partial charge >= 0.3 is 5.97 Å². The van der Waals surface area contributed by atoms with Crippen LogP contribution < -0.4 is 10.9 Å². The van der Waals surface area contributed by atoms with Crippen molar-refractivity contribution in [2.45, 2.75) is 6.42 Å². The molecule has 3 N–H and O–H groups in total. The van der Waals surface area contributed by atoms with Gasteiger partial charge in [0.1, 0.15) is 5.56 Å². The topological polar surface area (TPSA) is 87.0 Å². The molecule has 0 amide bonds. The number of halogens is 1. The van der Waals surface area contributed by atoms with Crippen LogP contribution in [0.25, 0.3) is 21.8 Å². The molecule has 0 saturated heterocycles. The number of ether oxygens (including phenoxy) is 1. The van der Waals surface area contributed by atoms with E-state index in [0.29, 0.717) is 34.6 Å². The van der Waals surface area contributed by atoms with Crippen LogP contribution in [-0.2, 0) is 11.2 Å². The molecular weight excluding hydrogens is 378 g/mol. The van der Waals surface area contributed by atoms with Crippen molar-refractivity contribution in [1.82, 2.24) is 9.97 Å².